The summed E-state index contributed by atoms with van der Waals surface area (Å²) in [6.45, 7) is 1.99. The quantitative estimate of drug-likeness (QED) is 0.886. The van der Waals surface area contributed by atoms with Gasteiger partial charge in [-0.1, -0.05) is 12.1 Å². The van der Waals surface area contributed by atoms with Crippen molar-refractivity contribution < 1.29 is 9.90 Å². The molecule has 0 bridgehead atoms. The Morgan fingerprint density at radius 2 is 2.31 bits per heavy atom. The number of nitrogens with zero attached hydrogens (tertiary/aromatic N) is 1. The smallest absolute Gasteiger partial charge is 0.303 e. The second kappa shape index (κ2) is 4.61. The van der Waals surface area contributed by atoms with Crippen LogP contribution in [0.4, 0.5) is 0 Å². The Morgan fingerprint density at radius 1 is 1.50 bits per heavy atom. The molecule has 1 aromatic heterocycles. The molecule has 3 nitrogen and oxygen atoms in total. The van der Waals surface area contributed by atoms with Crippen molar-refractivity contribution in [3.05, 3.63) is 28.8 Å². The van der Waals surface area contributed by atoms with E-state index in [4.69, 9.17) is 5.11 Å². The van der Waals surface area contributed by atoms with Gasteiger partial charge in [0.25, 0.3) is 0 Å². The van der Waals surface area contributed by atoms with Crippen LogP contribution in [0.3, 0.4) is 0 Å². The van der Waals surface area contributed by atoms with E-state index in [0.717, 1.165) is 22.5 Å². The molecule has 0 saturated carbocycles. The van der Waals surface area contributed by atoms with Gasteiger partial charge in [0.15, 0.2) is 0 Å². The van der Waals surface area contributed by atoms with Crippen LogP contribution in [0.5, 0.6) is 0 Å². The molecule has 0 unspecified atom stereocenters. The van der Waals surface area contributed by atoms with Gasteiger partial charge in [-0.3, -0.25) is 4.79 Å². The molecule has 0 fully saturated rings. The van der Waals surface area contributed by atoms with E-state index in [9.17, 15) is 4.79 Å². The molecule has 0 aliphatic carbocycles. The zero-order valence-electron chi connectivity index (χ0n) is 9.06. The third-order valence-electron chi connectivity index (χ3n) is 2.45. The highest BCUT2D eigenvalue weighted by Crippen LogP contribution is 2.25. The van der Waals surface area contributed by atoms with Crippen LogP contribution in [0, 0.1) is 6.92 Å². The lowest BCUT2D eigenvalue weighted by atomic mass is 10.1. The minimum atomic E-state index is -0.735. The van der Waals surface area contributed by atoms with Gasteiger partial charge in [0, 0.05) is 6.42 Å². The van der Waals surface area contributed by atoms with E-state index in [-0.39, 0.29) is 6.42 Å². The van der Waals surface area contributed by atoms with Crippen LogP contribution in [-0.2, 0) is 11.2 Å². The average molecular weight is 235 g/mol. The molecule has 0 atom stereocenters. The predicted octanol–water partition coefficient (Wildman–Crippen LogP) is 3.01. The number of hydrogen-bond acceptors (Lipinski definition) is 3. The highest BCUT2D eigenvalue weighted by atomic mass is 32.1. The van der Waals surface area contributed by atoms with Crippen molar-refractivity contribution in [2.75, 3.05) is 0 Å². The molecule has 0 aliphatic rings. The van der Waals surface area contributed by atoms with E-state index in [1.165, 1.54) is 4.70 Å². The fourth-order valence-corrected chi connectivity index (χ4v) is 2.62. The molecule has 2 aromatic rings. The van der Waals surface area contributed by atoms with Crippen LogP contribution in [0.15, 0.2) is 18.2 Å². The van der Waals surface area contributed by atoms with E-state index in [2.05, 4.69) is 11.1 Å². The van der Waals surface area contributed by atoms with Gasteiger partial charge in [0.05, 0.1) is 15.2 Å². The monoisotopic (exact) mass is 235 g/mol. The summed E-state index contributed by atoms with van der Waals surface area (Å²) < 4.78 is 1.19. The molecule has 1 aromatic carbocycles. The minimum absolute atomic E-state index is 0.222. The maximum absolute atomic E-state index is 10.4. The first-order valence-corrected chi connectivity index (χ1v) is 6.05. The van der Waals surface area contributed by atoms with Crippen molar-refractivity contribution in [1.29, 1.82) is 0 Å². The largest absolute Gasteiger partial charge is 0.481 e. The first kappa shape index (κ1) is 11.1. The first-order valence-electron chi connectivity index (χ1n) is 5.23. The lowest BCUT2D eigenvalue weighted by molar-refractivity contribution is -0.137. The summed E-state index contributed by atoms with van der Waals surface area (Å²) in [5, 5.41) is 9.65. The molecule has 2 rings (SSSR count). The fourth-order valence-electron chi connectivity index (χ4n) is 1.75. The van der Waals surface area contributed by atoms with Gasteiger partial charge in [-0.25, -0.2) is 4.98 Å². The second-order valence-corrected chi connectivity index (χ2v) is 4.98. The van der Waals surface area contributed by atoms with Crippen LogP contribution in [-0.4, -0.2) is 16.1 Å². The summed E-state index contributed by atoms with van der Waals surface area (Å²) in [7, 11) is 0. The molecule has 16 heavy (non-hydrogen) atoms. The van der Waals surface area contributed by atoms with Crippen LogP contribution < -0.4 is 0 Å². The van der Waals surface area contributed by atoms with Gasteiger partial charge < -0.3 is 5.11 Å². The fraction of sp³-hybridized carbons (Fsp3) is 0.333. The maximum Gasteiger partial charge on any atom is 0.303 e. The van der Waals surface area contributed by atoms with E-state index < -0.39 is 5.97 Å². The molecule has 0 radical (unpaired) electrons. The highest BCUT2D eigenvalue weighted by Gasteiger charge is 2.06. The number of para-hydroxylation sites is 1. The number of fused-ring (bicyclic) bond motifs is 1. The summed E-state index contributed by atoms with van der Waals surface area (Å²) >= 11 is 1.68. The molecule has 4 heteroatoms. The van der Waals surface area contributed by atoms with E-state index >= 15 is 0 Å². The number of aryl methyl sites for hydroxylation is 2. The molecule has 1 N–H and O–H groups in total. The van der Waals surface area contributed by atoms with Gasteiger partial charge in [0.2, 0.25) is 0 Å². The number of hydrogen-bond donors (Lipinski definition) is 1. The first-order chi connectivity index (χ1) is 7.66. The third-order valence-corrected chi connectivity index (χ3v) is 3.38. The second-order valence-electron chi connectivity index (χ2n) is 3.74. The number of benzene rings is 1. The Balaban J connectivity index is 2.20. The molecular formula is C12H13NO2S. The van der Waals surface area contributed by atoms with E-state index in [1.807, 2.05) is 19.1 Å². The zero-order valence-corrected chi connectivity index (χ0v) is 9.88. The number of aromatic nitrogens is 1. The number of aliphatic carboxylic acids is 1. The molecular weight excluding hydrogens is 222 g/mol. The lowest BCUT2D eigenvalue weighted by Gasteiger charge is -2.00. The van der Waals surface area contributed by atoms with Crippen LogP contribution in [0.1, 0.15) is 23.4 Å². The Kier molecular flexibility index (Phi) is 3.19. The summed E-state index contributed by atoms with van der Waals surface area (Å²) in [6, 6.07) is 6.10. The van der Waals surface area contributed by atoms with Gasteiger partial charge >= 0.3 is 5.97 Å². The summed E-state index contributed by atoms with van der Waals surface area (Å²) in [6.07, 6.45) is 1.68. The number of thiazole rings is 1. The van der Waals surface area contributed by atoms with Crippen LogP contribution >= 0.6 is 11.3 Å². The number of carbonyl (C=O) groups is 1. The van der Waals surface area contributed by atoms with Crippen LogP contribution in [0.25, 0.3) is 10.2 Å². The Labute approximate surface area is 97.8 Å². The Morgan fingerprint density at radius 3 is 3.06 bits per heavy atom. The molecule has 0 spiro atoms. The van der Waals surface area contributed by atoms with Gasteiger partial charge in [-0.05, 0) is 31.4 Å². The SMILES string of the molecule is Cc1nc2c(CCCC(=O)O)cccc2s1. The highest BCUT2D eigenvalue weighted by molar-refractivity contribution is 7.18. The topological polar surface area (TPSA) is 50.2 Å². The number of rotatable bonds is 4. The van der Waals surface area contributed by atoms with Crippen molar-refractivity contribution in [1.82, 2.24) is 4.98 Å². The predicted molar refractivity (Wildman–Crippen MR) is 64.9 cm³/mol. The normalized spacial score (nSPS) is 10.8. The zero-order chi connectivity index (χ0) is 11.5. The maximum atomic E-state index is 10.4. The number of carboxylic acid groups (broad SMARTS) is 1. The van der Waals surface area contributed by atoms with Crippen molar-refractivity contribution in [3.63, 3.8) is 0 Å². The van der Waals surface area contributed by atoms with Crippen molar-refractivity contribution in [3.8, 4) is 0 Å². The third kappa shape index (κ3) is 2.39. The van der Waals surface area contributed by atoms with Crippen molar-refractivity contribution >= 4 is 27.5 Å². The Hall–Kier alpha value is -1.42. The molecule has 1 heterocycles. The molecule has 84 valence electrons. The van der Waals surface area contributed by atoms with Crippen molar-refractivity contribution in [2.45, 2.75) is 26.2 Å². The Bertz CT molecular complexity index is 519. The lowest BCUT2D eigenvalue weighted by Crippen LogP contribution is -1.96. The van der Waals surface area contributed by atoms with Gasteiger partial charge in [-0.15, -0.1) is 11.3 Å². The molecule has 0 saturated heterocycles. The van der Waals surface area contributed by atoms with E-state index in [0.29, 0.717) is 6.42 Å². The summed E-state index contributed by atoms with van der Waals surface area (Å²) in [5.41, 5.74) is 2.19. The summed E-state index contributed by atoms with van der Waals surface area (Å²) in [4.78, 5) is 14.9. The van der Waals surface area contributed by atoms with Gasteiger partial charge in [0.1, 0.15) is 0 Å². The summed E-state index contributed by atoms with van der Waals surface area (Å²) in [5.74, 6) is -0.735. The number of carboxylic acids is 1. The van der Waals surface area contributed by atoms with Crippen molar-refractivity contribution in [2.24, 2.45) is 0 Å². The minimum Gasteiger partial charge on any atom is -0.481 e. The molecule has 0 aliphatic heterocycles. The van der Waals surface area contributed by atoms with E-state index in [1.54, 1.807) is 11.3 Å². The standard InChI is InChI=1S/C12H13NO2S/c1-8-13-12-9(5-3-7-11(14)15)4-2-6-10(12)16-8/h2,4,6H,3,5,7H2,1H3,(H,14,15). The average Bonchev–Trinajstić information content (AvgIpc) is 2.58. The van der Waals surface area contributed by atoms with Crippen LogP contribution in [0.2, 0.25) is 0 Å². The molecule has 0 amide bonds. The van der Waals surface area contributed by atoms with Gasteiger partial charge in [-0.2, -0.15) is 0 Å².